The van der Waals surface area contributed by atoms with Crippen LogP contribution in [0.5, 0.6) is 0 Å². The number of aromatic carboxylic acids is 1. The van der Waals surface area contributed by atoms with Crippen molar-refractivity contribution >= 4 is 17.0 Å². The summed E-state index contributed by atoms with van der Waals surface area (Å²) in [6, 6.07) is 6.69. The van der Waals surface area contributed by atoms with E-state index in [1.807, 2.05) is 0 Å². The van der Waals surface area contributed by atoms with Crippen LogP contribution in [-0.4, -0.2) is 25.4 Å². The van der Waals surface area contributed by atoms with Gasteiger partial charge in [0.05, 0.1) is 11.0 Å². The Balaban J connectivity index is 2.19. The van der Waals surface area contributed by atoms with E-state index in [2.05, 4.69) is 5.16 Å². The molecule has 2 heterocycles. The third-order valence-corrected chi connectivity index (χ3v) is 3.29. The summed E-state index contributed by atoms with van der Waals surface area (Å²) >= 11 is 0. The van der Waals surface area contributed by atoms with E-state index in [-0.39, 0.29) is 11.4 Å². The lowest BCUT2D eigenvalue weighted by Gasteiger charge is -1.98. The van der Waals surface area contributed by atoms with Crippen molar-refractivity contribution in [3.8, 4) is 11.3 Å². The van der Waals surface area contributed by atoms with Gasteiger partial charge < -0.3 is 9.63 Å². The molecule has 7 nitrogen and oxygen atoms in total. The van der Waals surface area contributed by atoms with Crippen molar-refractivity contribution in [3.05, 3.63) is 40.5 Å². The Morgan fingerprint density at radius 2 is 1.90 bits per heavy atom. The molecule has 0 aliphatic heterocycles. The molecule has 0 bridgehead atoms. The minimum Gasteiger partial charge on any atom is -0.475 e. The Morgan fingerprint density at radius 3 is 2.55 bits per heavy atom. The number of aryl methyl sites for hydroxylation is 2. The Hall–Kier alpha value is -2.83. The van der Waals surface area contributed by atoms with Crippen LogP contribution in [0.4, 0.5) is 0 Å². The SMILES string of the molecule is Cn1c(=O)n(C)c2cc(-c3cc(C(=O)O)on3)ccc21. The van der Waals surface area contributed by atoms with Gasteiger partial charge in [-0.1, -0.05) is 11.2 Å². The van der Waals surface area contributed by atoms with Crippen molar-refractivity contribution in [2.24, 2.45) is 14.1 Å². The summed E-state index contributed by atoms with van der Waals surface area (Å²) < 4.78 is 7.80. The van der Waals surface area contributed by atoms with E-state index in [9.17, 15) is 9.59 Å². The molecule has 0 radical (unpaired) electrons. The van der Waals surface area contributed by atoms with E-state index in [0.717, 1.165) is 11.0 Å². The van der Waals surface area contributed by atoms with Crippen molar-refractivity contribution in [3.63, 3.8) is 0 Å². The average molecular weight is 273 g/mol. The zero-order chi connectivity index (χ0) is 14.4. The summed E-state index contributed by atoms with van der Waals surface area (Å²) in [5.41, 5.74) is 2.53. The molecule has 20 heavy (non-hydrogen) atoms. The summed E-state index contributed by atoms with van der Waals surface area (Å²) in [6.07, 6.45) is 0. The first-order valence-corrected chi connectivity index (χ1v) is 5.85. The monoisotopic (exact) mass is 273 g/mol. The highest BCUT2D eigenvalue weighted by Crippen LogP contribution is 2.23. The molecule has 0 aliphatic rings. The number of carboxylic acid groups (broad SMARTS) is 1. The van der Waals surface area contributed by atoms with Gasteiger partial charge in [0.15, 0.2) is 0 Å². The van der Waals surface area contributed by atoms with Gasteiger partial charge >= 0.3 is 11.7 Å². The Bertz CT molecular complexity index is 885. The first-order chi connectivity index (χ1) is 9.49. The maximum atomic E-state index is 11.8. The molecule has 3 aromatic rings. The molecular weight excluding hydrogens is 262 g/mol. The lowest BCUT2D eigenvalue weighted by molar-refractivity contribution is 0.0652. The predicted octanol–water partition coefficient (Wildman–Crippen LogP) is 1.23. The Kier molecular flexibility index (Phi) is 2.50. The molecule has 0 unspecified atom stereocenters. The lowest BCUT2D eigenvalue weighted by atomic mass is 10.1. The molecule has 7 heteroatoms. The van der Waals surface area contributed by atoms with Gasteiger partial charge in [0.25, 0.3) is 0 Å². The fourth-order valence-corrected chi connectivity index (χ4v) is 2.18. The zero-order valence-electron chi connectivity index (χ0n) is 10.8. The summed E-state index contributed by atoms with van der Waals surface area (Å²) in [5.74, 6) is -1.39. The number of carboxylic acids is 1. The van der Waals surface area contributed by atoms with Gasteiger partial charge in [0, 0.05) is 25.7 Å². The number of hydrogen-bond acceptors (Lipinski definition) is 4. The second kappa shape index (κ2) is 4.09. The minimum absolute atomic E-state index is 0.122. The molecule has 0 saturated heterocycles. The highest BCUT2D eigenvalue weighted by atomic mass is 16.5. The van der Waals surface area contributed by atoms with Crippen molar-refractivity contribution < 1.29 is 14.4 Å². The van der Waals surface area contributed by atoms with Gasteiger partial charge in [-0.05, 0) is 12.1 Å². The number of fused-ring (bicyclic) bond motifs is 1. The van der Waals surface area contributed by atoms with Crippen LogP contribution >= 0.6 is 0 Å². The molecule has 3 rings (SSSR count). The van der Waals surface area contributed by atoms with Gasteiger partial charge in [0.2, 0.25) is 5.76 Å². The van der Waals surface area contributed by atoms with Crippen LogP contribution in [0.15, 0.2) is 33.6 Å². The molecule has 0 saturated carbocycles. The summed E-state index contributed by atoms with van der Waals surface area (Å²) in [6.45, 7) is 0. The molecule has 0 atom stereocenters. The largest absolute Gasteiger partial charge is 0.475 e. The van der Waals surface area contributed by atoms with Gasteiger partial charge in [-0.2, -0.15) is 0 Å². The molecule has 2 aromatic heterocycles. The molecule has 0 amide bonds. The van der Waals surface area contributed by atoms with Crippen LogP contribution in [0, 0.1) is 0 Å². The van der Waals surface area contributed by atoms with Crippen molar-refractivity contribution in [1.82, 2.24) is 14.3 Å². The fourth-order valence-electron chi connectivity index (χ4n) is 2.18. The van der Waals surface area contributed by atoms with Crippen molar-refractivity contribution in [2.45, 2.75) is 0 Å². The molecule has 0 spiro atoms. The third kappa shape index (κ3) is 1.63. The lowest BCUT2D eigenvalue weighted by Crippen LogP contribution is -2.19. The van der Waals surface area contributed by atoms with Gasteiger partial charge in [-0.15, -0.1) is 0 Å². The number of benzene rings is 1. The maximum Gasteiger partial charge on any atom is 0.374 e. The average Bonchev–Trinajstić information content (AvgIpc) is 3.00. The Labute approximate surface area is 112 Å². The van der Waals surface area contributed by atoms with Crippen molar-refractivity contribution in [2.75, 3.05) is 0 Å². The highest BCUT2D eigenvalue weighted by Gasteiger charge is 2.14. The van der Waals surface area contributed by atoms with E-state index in [1.54, 1.807) is 36.9 Å². The molecule has 1 aromatic carbocycles. The van der Waals surface area contributed by atoms with E-state index in [4.69, 9.17) is 9.63 Å². The number of hydrogen-bond donors (Lipinski definition) is 1. The first-order valence-electron chi connectivity index (χ1n) is 5.85. The zero-order valence-corrected chi connectivity index (χ0v) is 10.8. The summed E-state index contributed by atoms with van der Waals surface area (Å²) in [7, 11) is 3.38. The molecule has 102 valence electrons. The standard InChI is InChI=1S/C13H11N3O4/c1-15-9-4-3-7(5-10(9)16(2)13(15)19)8-6-11(12(17)18)20-14-8/h3-6H,1-2H3,(H,17,18). The number of nitrogens with zero attached hydrogens (tertiary/aromatic N) is 3. The summed E-state index contributed by atoms with van der Waals surface area (Å²) in [4.78, 5) is 22.6. The normalized spacial score (nSPS) is 11.1. The van der Waals surface area contributed by atoms with E-state index < -0.39 is 5.97 Å². The topological polar surface area (TPSA) is 90.3 Å². The van der Waals surface area contributed by atoms with Gasteiger partial charge in [-0.25, -0.2) is 9.59 Å². The first kappa shape index (κ1) is 12.2. The highest BCUT2D eigenvalue weighted by molar-refractivity contribution is 5.87. The quantitative estimate of drug-likeness (QED) is 0.758. The third-order valence-electron chi connectivity index (χ3n) is 3.29. The maximum absolute atomic E-state index is 11.8. The molecule has 1 N–H and O–H groups in total. The van der Waals surface area contributed by atoms with Crippen LogP contribution in [0.1, 0.15) is 10.6 Å². The van der Waals surface area contributed by atoms with Gasteiger partial charge in [0.1, 0.15) is 5.69 Å². The van der Waals surface area contributed by atoms with Crippen LogP contribution in [-0.2, 0) is 14.1 Å². The van der Waals surface area contributed by atoms with Crippen LogP contribution < -0.4 is 5.69 Å². The summed E-state index contributed by atoms with van der Waals surface area (Å²) in [5, 5.41) is 12.5. The van der Waals surface area contributed by atoms with Crippen LogP contribution in [0.2, 0.25) is 0 Å². The predicted molar refractivity (Wildman–Crippen MR) is 70.6 cm³/mol. The Morgan fingerprint density at radius 1 is 1.20 bits per heavy atom. The van der Waals surface area contributed by atoms with E-state index in [1.165, 1.54) is 10.6 Å². The minimum atomic E-state index is -1.17. The molecule has 0 aliphatic carbocycles. The second-order valence-corrected chi connectivity index (χ2v) is 4.49. The fraction of sp³-hybridized carbons (Fsp3) is 0.154. The van der Waals surface area contributed by atoms with E-state index >= 15 is 0 Å². The second-order valence-electron chi connectivity index (χ2n) is 4.49. The number of imidazole rings is 1. The number of rotatable bonds is 2. The number of carbonyl (C=O) groups is 1. The molecule has 0 fully saturated rings. The van der Waals surface area contributed by atoms with Crippen molar-refractivity contribution in [1.29, 1.82) is 0 Å². The number of aromatic nitrogens is 3. The van der Waals surface area contributed by atoms with E-state index in [0.29, 0.717) is 11.3 Å². The van der Waals surface area contributed by atoms with Gasteiger partial charge in [-0.3, -0.25) is 9.13 Å². The smallest absolute Gasteiger partial charge is 0.374 e. The van der Waals surface area contributed by atoms with Crippen LogP contribution in [0.3, 0.4) is 0 Å². The molecular formula is C13H11N3O4. The van der Waals surface area contributed by atoms with Crippen LogP contribution in [0.25, 0.3) is 22.3 Å².